The number of rotatable bonds is 2. The lowest BCUT2D eigenvalue weighted by molar-refractivity contribution is -0.384. The molecule has 0 aromatic heterocycles. The van der Waals surface area contributed by atoms with Crippen LogP contribution in [0.5, 0.6) is 0 Å². The van der Waals surface area contributed by atoms with Crippen LogP contribution in [0.25, 0.3) is 0 Å². The van der Waals surface area contributed by atoms with E-state index in [1.54, 1.807) is 0 Å². The minimum absolute atomic E-state index is 0.0606. The summed E-state index contributed by atoms with van der Waals surface area (Å²) in [7, 11) is 0. The number of hydrogen-bond acceptors (Lipinski definition) is 4. The van der Waals surface area contributed by atoms with Gasteiger partial charge in [-0.25, -0.2) is 0 Å². The van der Waals surface area contributed by atoms with Crippen molar-refractivity contribution in [3.8, 4) is 0 Å². The number of nitrogens with zero attached hydrogens (tertiary/aromatic N) is 1. The molecule has 0 aliphatic rings. The predicted octanol–water partition coefficient (Wildman–Crippen LogP) is 1.09. The van der Waals surface area contributed by atoms with E-state index in [0.717, 1.165) is 0 Å². The van der Waals surface area contributed by atoms with Crippen LogP contribution >= 0.6 is 0 Å². The molecule has 7 nitrogen and oxygen atoms in total. The van der Waals surface area contributed by atoms with Gasteiger partial charge >= 0.3 is 0 Å². The Kier molecular flexibility index (Phi) is 6.02. The highest BCUT2D eigenvalue weighted by molar-refractivity contribution is 7.73. The quantitative estimate of drug-likeness (QED) is 0.341. The van der Waals surface area contributed by atoms with Crippen LogP contribution in [-0.2, 0) is 11.4 Å². The molecule has 0 heterocycles. The molecule has 82 valence electrons. The summed E-state index contributed by atoms with van der Waals surface area (Å²) in [6.45, 7) is 0. The lowest BCUT2D eigenvalue weighted by atomic mass is 10.2. The second-order valence-corrected chi connectivity index (χ2v) is 2.66. The molecule has 1 aromatic carbocycles. The molecule has 0 aliphatic carbocycles. The van der Waals surface area contributed by atoms with E-state index in [4.69, 9.17) is 13.3 Å². The van der Waals surface area contributed by atoms with Crippen molar-refractivity contribution in [2.45, 2.75) is 0 Å². The van der Waals surface area contributed by atoms with Gasteiger partial charge in [-0.2, -0.15) is 4.21 Å². The number of nitro benzene ring substituents is 1. The molecule has 0 unspecified atom stereocenters. The molecule has 8 heteroatoms. The monoisotopic (exact) mass is 233 g/mol. The van der Waals surface area contributed by atoms with Crippen LogP contribution in [0, 0.1) is 10.1 Å². The molecule has 2 N–H and O–H groups in total. The Morgan fingerprint density at radius 2 is 1.93 bits per heavy atom. The van der Waals surface area contributed by atoms with Crippen molar-refractivity contribution >= 4 is 23.3 Å². The van der Waals surface area contributed by atoms with Crippen molar-refractivity contribution < 1.29 is 23.0 Å². The molecule has 0 fully saturated rings. The molecule has 0 saturated heterocycles. The topological polar surface area (TPSA) is 118 Å². The van der Waals surface area contributed by atoms with Crippen molar-refractivity contribution in [1.82, 2.24) is 0 Å². The number of carbonyl (C=O) groups is 1. The first-order chi connectivity index (χ1) is 6.97. The third-order valence-electron chi connectivity index (χ3n) is 1.22. The minimum atomic E-state index is -2.61. The Bertz CT molecular complexity index is 375. The van der Waals surface area contributed by atoms with Gasteiger partial charge in [0.15, 0.2) is 0 Å². The molecule has 0 amide bonds. The maximum absolute atomic E-state index is 10.2. The third kappa shape index (κ3) is 6.43. The van der Waals surface area contributed by atoms with E-state index in [1.807, 2.05) is 0 Å². The van der Waals surface area contributed by atoms with Gasteiger partial charge in [-0.05, 0) is 0 Å². The van der Waals surface area contributed by atoms with Gasteiger partial charge in [-0.15, -0.1) is 0 Å². The summed E-state index contributed by atoms with van der Waals surface area (Å²) < 4.78 is 22.8. The van der Waals surface area contributed by atoms with Crippen LogP contribution in [0.1, 0.15) is 10.4 Å². The summed E-state index contributed by atoms with van der Waals surface area (Å²) in [6.07, 6.45) is 0.576. The Hall–Kier alpha value is -1.64. The zero-order valence-corrected chi connectivity index (χ0v) is 8.09. The van der Waals surface area contributed by atoms with Crippen molar-refractivity contribution in [2.24, 2.45) is 0 Å². The molecule has 0 radical (unpaired) electrons. The summed E-state index contributed by atoms with van der Waals surface area (Å²) in [5, 5.41) is 10.2. The Labute approximate surface area is 87.0 Å². The van der Waals surface area contributed by atoms with Crippen molar-refractivity contribution in [1.29, 1.82) is 0 Å². The number of carbonyl (C=O) groups excluding carboxylic acids is 1. The highest BCUT2D eigenvalue weighted by Gasteiger charge is 2.03. The fraction of sp³-hybridized carbons (Fsp3) is 0. The third-order valence-corrected chi connectivity index (χ3v) is 1.22. The van der Waals surface area contributed by atoms with Crippen LogP contribution in [0.4, 0.5) is 5.69 Å². The van der Waals surface area contributed by atoms with E-state index in [1.165, 1.54) is 24.3 Å². The molecule has 0 spiro atoms. The first-order valence-electron chi connectivity index (χ1n) is 3.47. The van der Waals surface area contributed by atoms with Gasteiger partial charge < -0.3 is 0 Å². The van der Waals surface area contributed by atoms with Crippen molar-refractivity contribution in [3.63, 3.8) is 0 Å². The number of nitro groups is 1. The first-order valence-corrected chi connectivity index (χ1v) is 4.53. The Balaban J connectivity index is 0.000000423. The SMILES string of the molecule is O=Cc1cccc([N+](=O)[O-])c1.O=S(O)O. The van der Waals surface area contributed by atoms with E-state index in [0.29, 0.717) is 11.8 Å². The zero-order valence-electron chi connectivity index (χ0n) is 7.27. The Morgan fingerprint density at radius 3 is 2.33 bits per heavy atom. The van der Waals surface area contributed by atoms with Crippen LogP contribution < -0.4 is 0 Å². The zero-order chi connectivity index (χ0) is 11.8. The van der Waals surface area contributed by atoms with Gasteiger partial charge in [0, 0.05) is 17.7 Å². The molecular formula is C7H7NO6S. The fourth-order valence-corrected chi connectivity index (χ4v) is 0.712. The smallest absolute Gasteiger partial charge is 0.298 e. The molecule has 0 bridgehead atoms. The highest BCUT2D eigenvalue weighted by atomic mass is 32.2. The van der Waals surface area contributed by atoms with E-state index in [2.05, 4.69) is 0 Å². The largest absolute Gasteiger partial charge is 0.299 e. The predicted molar refractivity (Wildman–Crippen MR) is 51.9 cm³/mol. The average Bonchev–Trinajstić information content (AvgIpc) is 2.17. The van der Waals surface area contributed by atoms with Gasteiger partial charge in [0.25, 0.3) is 17.0 Å². The van der Waals surface area contributed by atoms with Crippen molar-refractivity contribution in [2.75, 3.05) is 0 Å². The standard InChI is InChI=1S/C7H5NO3.H2O3S/c9-5-6-2-1-3-7(4-6)8(10)11;1-4(2)3/h1-5H;(H2,1,2,3). The minimum Gasteiger partial charge on any atom is -0.298 e. The van der Waals surface area contributed by atoms with Gasteiger partial charge in [-0.1, -0.05) is 12.1 Å². The van der Waals surface area contributed by atoms with E-state index < -0.39 is 16.3 Å². The van der Waals surface area contributed by atoms with Crippen molar-refractivity contribution in [3.05, 3.63) is 39.9 Å². The number of non-ortho nitro benzene ring substituents is 1. The van der Waals surface area contributed by atoms with Gasteiger partial charge in [0.05, 0.1) is 4.92 Å². The van der Waals surface area contributed by atoms with E-state index in [-0.39, 0.29) is 5.69 Å². The van der Waals surface area contributed by atoms with Gasteiger partial charge in [-0.3, -0.25) is 24.0 Å². The van der Waals surface area contributed by atoms with E-state index in [9.17, 15) is 14.9 Å². The van der Waals surface area contributed by atoms with Gasteiger partial charge in [0.2, 0.25) is 0 Å². The van der Waals surface area contributed by atoms with Crippen LogP contribution in [-0.4, -0.2) is 24.5 Å². The summed E-state index contributed by atoms with van der Waals surface area (Å²) >= 11 is -2.61. The number of aldehydes is 1. The maximum Gasteiger partial charge on any atom is 0.299 e. The average molecular weight is 233 g/mol. The molecule has 0 saturated carbocycles. The summed E-state index contributed by atoms with van der Waals surface area (Å²) in [5.74, 6) is 0. The second kappa shape index (κ2) is 6.76. The number of benzene rings is 1. The lowest BCUT2D eigenvalue weighted by Crippen LogP contribution is -1.88. The highest BCUT2D eigenvalue weighted by Crippen LogP contribution is 2.10. The second-order valence-electron chi connectivity index (χ2n) is 2.20. The summed E-state index contributed by atoms with van der Waals surface area (Å²) in [5.41, 5.74) is 0.258. The summed E-state index contributed by atoms with van der Waals surface area (Å²) in [4.78, 5) is 19.8. The molecule has 0 atom stereocenters. The van der Waals surface area contributed by atoms with Crippen LogP contribution in [0.2, 0.25) is 0 Å². The molecule has 0 aliphatic heterocycles. The lowest BCUT2D eigenvalue weighted by Gasteiger charge is -1.90. The van der Waals surface area contributed by atoms with Crippen LogP contribution in [0.15, 0.2) is 24.3 Å². The first kappa shape index (κ1) is 13.4. The fourth-order valence-electron chi connectivity index (χ4n) is 0.712. The number of hydrogen-bond donors (Lipinski definition) is 2. The van der Waals surface area contributed by atoms with Crippen LogP contribution in [0.3, 0.4) is 0 Å². The molecule has 15 heavy (non-hydrogen) atoms. The normalized spacial score (nSPS) is 9.00. The Morgan fingerprint density at radius 1 is 1.40 bits per heavy atom. The molecular weight excluding hydrogens is 226 g/mol. The maximum atomic E-state index is 10.2. The summed E-state index contributed by atoms with van der Waals surface area (Å²) in [6, 6.07) is 5.56. The molecule has 1 aromatic rings. The molecule has 1 rings (SSSR count). The van der Waals surface area contributed by atoms with Gasteiger partial charge in [0.1, 0.15) is 6.29 Å². The van der Waals surface area contributed by atoms with E-state index >= 15 is 0 Å².